The molecule has 154 valence electrons. The lowest BCUT2D eigenvalue weighted by atomic mass is 10.0. The number of carbonyl (C=O) groups excluding carboxylic acids is 1. The van der Waals surface area contributed by atoms with Gasteiger partial charge in [-0.3, -0.25) is 9.69 Å². The molecule has 1 aliphatic carbocycles. The van der Waals surface area contributed by atoms with Crippen LogP contribution in [0.1, 0.15) is 35.3 Å². The van der Waals surface area contributed by atoms with E-state index in [1.165, 1.54) is 5.56 Å². The largest absolute Gasteiger partial charge is 0.490 e. The highest BCUT2D eigenvalue weighted by Gasteiger charge is 2.29. The summed E-state index contributed by atoms with van der Waals surface area (Å²) in [5.41, 5.74) is 4.31. The quantitative estimate of drug-likeness (QED) is 0.471. The minimum absolute atomic E-state index is 0.0282. The Bertz CT molecular complexity index is 1030. The molecule has 0 fully saturated rings. The molecule has 0 aliphatic heterocycles. The van der Waals surface area contributed by atoms with Crippen LogP contribution in [0.15, 0.2) is 72.8 Å². The maximum Gasteiger partial charge on any atom is 0.194 e. The highest BCUT2D eigenvalue weighted by molar-refractivity contribution is 6.22. The minimum Gasteiger partial charge on any atom is -0.490 e. The van der Waals surface area contributed by atoms with E-state index in [1.54, 1.807) is 0 Å². The van der Waals surface area contributed by atoms with E-state index in [1.807, 2.05) is 60.7 Å². The molecule has 1 unspecified atom stereocenters. The van der Waals surface area contributed by atoms with E-state index in [4.69, 9.17) is 4.74 Å². The lowest BCUT2D eigenvalue weighted by Gasteiger charge is -2.29. The van der Waals surface area contributed by atoms with Gasteiger partial charge in [-0.15, -0.1) is 0 Å². The highest BCUT2D eigenvalue weighted by Crippen LogP contribution is 2.42. The van der Waals surface area contributed by atoms with Crippen molar-refractivity contribution >= 4 is 5.78 Å². The third-order valence-corrected chi connectivity index (χ3v) is 5.55. The van der Waals surface area contributed by atoms with Crippen LogP contribution in [-0.2, 0) is 6.54 Å². The van der Waals surface area contributed by atoms with Gasteiger partial charge in [-0.25, -0.2) is 0 Å². The maximum atomic E-state index is 12.7. The Morgan fingerprint density at radius 1 is 0.867 bits per heavy atom. The minimum atomic E-state index is -0.640. The van der Waals surface area contributed by atoms with Crippen molar-refractivity contribution in [1.82, 2.24) is 4.90 Å². The Kier molecular flexibility index (Phi) is 5.98. The van der Waals surface area contributed by atoms with E-state index < -0.39 is 6.10 Å². The predicted molar refractivity (Wildman–Crippen MR) is 119 cm³/mol. The second kappa shape index (κ2) is 8.82. The first-order valence-electron chi connectivity index (χ1n) is 10.4. The third-order valence-electron chi connectivity index (χ3n) is 5.55. The van der Waals surface area contributed by atoms with Crippen LogP contribution in [0.3, 0.4) is 0 Å². The predicted octanol–water partition coefficient (Wildman–Crippen LogP) is 4.55. The number of hydrogen-bond acceptors (Lipinski definition) is 4. The first-order valence-corrected chi connectivity index (χ1v) is 10.4. The van der Waals surface area contributed by atoms with Gasteiger partial charge in [0.15, 0.2) is 5.78 Å². The number of aliphatic hydroxyl groups is 1. The molecule has 4 heteroatoms. The summed E-state index contributed by atoms with van der Waals surface area (Å²) in [6, 6.07) is 23.7. The van der Waals surface area contributed by atoms with Gasteiger partial charge >= 0.3 is 0 Å². The second-order valence-electron chi connectivity index (χ2n) is 8.03. The first-order chi connectivity index (χ1) is 14.5. The molecule has 0 amide bonds. The molecule has 0 bridgehead atoms. The lowest BCUT2D eigenvalue weighted by molar-refractivity contribution is 0.0545. The standard InChI is InChI=1S/C26H27NO3/c1-18(2)27(15-19-9-4-3-5-10-19)16-20(28)17-30-24-14-8-13-23-25(24)21-11-6-7-12-22(21)26(23)29/h3-14,18,20,28H,15-17H2,1-2H3. The highest BCUT2D eigenvalue weighted by atomic mass is 16.5. The summed E-state index contributed by atoms with van der Waals surface area (Å²) in [5.74, 6) is 0.671. The number of nitrogens with zero attached hydrogens (tertiary/aromatic N) is 1. The Morgan fingerprint density at radius 2 is 1.53 bits per heavy atom. The summed E-state index contributed by atoms with van der Waals surface area (Å²) >= 11 is 0. The van der Waals surface area contributed by atoms with Crippen molar-refractivity contribution in [3.05, 3.63) is 89.5 Å². The van der Waals surface area contributed by atoms with Crippen molar-refractivity contribution in [3.63, 3.8) is 0 Å². The summed E-state index contributed by atoms with van der Waals surface area (Å²) in [6.45, 7) is 5.71. The number of carbonyl (C=O) groups is 1. The molecule has 4 nitrogen and oxygen atoms in total. The smallest absolute Gasteiger partial charge is 0.194 e. The van der Waals surface area contributed by atoms with Gasteiger partial charge in [0, 0.05) is 35.8 Å². The summed E-state index contributed by atoms with van der Waals surface area (Å²) in [6.07, 6.45) is -0.640. The molecule has 30 heavy (non-hydrogen) atoms. The number of rotatable bonds is 8. The maximum absolute atomic E-state index is 12.7. The molecule has 0 radical (unpaired) electrons. The molecule has 0 heterocycles. The van der Waals surface area contributed by atoms with E-state index in [0.29, 0.717) is 29.5 Å². The van der Waals surface area contributed by atoms with Crippen LogP contribution in [0.4, 0.5) is 0 Å². The number of ketones is 1. The molecule has 1 atom stereocenters. The van der Waals surface area contributed by atoms with E-state index >= 15 is 0 Å². The molecular formula is C26H27NO3. The van der Waals surface area contributed by atoms with Gasteiger partial charge < -0.3 is 9.84 Å². The zero-order valence-corrected chi connectivity index (χ0v) is 17.4. The summed E-state index contributed by atoms with van der Waals surface area (Å²) in [5, 5.41) is 10.7. The van der Waals surface area contributed by atoms with Crippen molar-refractivity contribution in [2.24, 2.45) is 0 Å². The van der Waals surface area contributed by atoms with Gasteiger partial charge in [0.05, 0.1) is 0 Å². The topological polar surface area (TPSA) is 49.8 Å². The van der Waals surface area contributed by atoms with E-state index in [0.717, 1.165) is 17.7 Å². The number of ether oxygens (including phenoxy) is 1. The number of aliphatic hydroxyl groups excluding tert-OH is 1. The summed E-state index contributed by atoms with van der Waals surface area (Å²) in [4.78, 5) is 14.9. The monoisotopic (exact) mass is 401 g/mol. The molecular weight excluding hydrogens is 374 g/mol. The molecule has 1 N–H and O–H groups in total. The van der Waals surface area contributed by atoms with Crippen LogP contribution in [0.5, 0.6) is 5.75 Å². The normalized spacial score (nSPS) is 13.4. The van der Waals surface area contributed by atoms with Crippen LogP contribution < -0.4 is 4.74 Å². The molecule has 1 aliphatic rings. The number of benzene rings is 3. The van der Waals surface area contributed by atoms with Gasteiger partial charge in [-0.1, -0.05) is 66.7 Å². The Balaban J connectivity index is 1.45. The van der Waals surface area contributed by atoms with Gasteiger partial charge in [-0.2, -0.15) is 0 Å². The van der Waals surface area contributed by atoms with Crippen molar-refractivity contribution < 1.29 is 14.6 Å². The second-order valence-corrected chi connectivity index (χ2v) is 8.03. The van der Waals surface area contributed by atoms with Crippen molar-refractivity contribution in [2.45, 2.75) is 32.5 Å². The Morgan fingerprint density at radius 3 is 2.27 bits per heavy atom. The van der Waals surface area contributed by atoms with Gasteiger partial charge in [0.1, 0.15) is 18.5 Å². The van der Waals surface area contributed by atoms with Crippen LogP contribution in [0.25, 0.3) is 11.1 Å². The van der Waals surface area contributed by atoms with Gasteiger partial charge in [-0.05, 0) is 31.0 Å². The number of fused-ring (bicyclic) bond motifs is 3. The fourth-order valence-electron chi connectivity index (χ4n) is 3.95. The molecule has 0 saturated heterocycles. The molecule has 3 aromatic carbocycles. The lowest BCUT2D eigenvalue weighted by Crippen LogP contribution is -2.39. The molecule has 0 saturated carbocycles. The molecule has 0 spiro atoms. The van der Waals surface area contributed by atoms with Crippen LogP contribution >= 0.6 is 0 Å². The van der Waals surface area contributed by atoms with Crippen LogP contribution in [0, 0.1) is 0 Å². The van der Waals surface area contributed by atoms with E-state index in [-0.39, 0.29) is 12.4 Å². The van der Waals surface area contributed by atoms with Crippen LogP contribution in [0.2, 0.25) is 0 Å². The SMILES string of the molecule is CC(C)N(Cc1ccccc1)CC(O)COc1cccc2c1-c1ccccc1C2=O. The Labute approximate surface area is 177 Å². The molecule has 3 aromatic rings. The summed E-state index contributed by atoms with van der Waals surface area (Å²) < 4.78 is 6.02. The summed E-state index contributed by atoms with van der Waals surface area (Å²) in [7, 11) is 0. The van der Waals surface area contributed by atoms with E-state index in [9.17, 15) is 9.90 Å². The van der Waals surface area contributed by atoms with E-state index in [2.05, 4.69) is 30.9 Å². The zero-order valence-electron chi connectivity index (χ0n) is 17.4. The van der Waals surface area contributed by atoms with Gasteiger partial charge in [0.2, 0.25) is 0 Å². The first kappa shape index (κ1) is 20.3. The molecule has 4 rings (SSSR count). The average Bonchev–Trinajstić information content (AvgIpc) is 3.05. The third kappa shape index (κ3) is 4.16. The van der Waals surface area contributed by atoms with Crippen molar-refractivity contribution in [1.29, 1.82) is 0 Å². The Hall–Kier alpha value is -2.95. The molecule has 0 aromatic heterocycles. The fourth-order valence-corrected chi connectivity index (χ4v) is 3.95. The fraction of sp³-hybridized carbons (Fsp3) is 0.269. The zero-order chi connectivity index (χ0) is 21.1. The van der Waals surface area contributed by atoms with Crippen molar-refractivity contribution in [2.75, 3.05) is 13.2 Å². The van der Waals surface area contributed by atoms with Crippen LogP contribution in [-0.4, -0.2) is 41.1 Å². The average molecular weight is 402 g/mol. The van der Waals surface area contributed by atoms with Gasteiger partial charge in [0.25, 0.3) is 0 Å². The number of hydrogen-bond donors (Lipinski definition) is 1. The van der Waals surface area contributed by atoms with Crippen molar-refractivity contribution in [3.8, 4) is 16.9 Å².